The Balaban J connectivity index is 2.83. The van der Waals surface area contributed by atoms with Crippen molar-refractivity contribution in [2.75, 3.05) is 26.7 Å². The molecule has 1 unspecified atom stereocenters. The molecule has 1 saturated heterocycles. The number of nitrogens with one attached hydrogen (secondary N) is 3. The Morgan fingerprint density at radius 3 is 2.27 bits per heavy atom. The summed E-state index contributed by atoms with van der Waals surface area (Å²) in [4.78, 5) is 51.3. The van der Waals surface area contributed by atoms with Crippen molar-refractivity contribution in [3.8, 4) is 0 Å². The maximum absolute atomic E-state index is 12.9. The minimum absolute atomic E-state index is 0.0474. The molecule has 1 rings (SSSR count). The molecular formula is C24H43N5O7S. The van der Waals surface area contributed by atoms with E-state index in [1.54, 1.807) is 20.8 Å². The minimum Gasteiger partial charge on any atom is -0.479 e. The van der Waals surface area contributed by atoms with E-state index in [0.29, 0.717) is 19.4 Å². The number of urea groups is 1. The van der Waals surface area contributed by atoms with E-state index in [4.69, 9.17) is 0 Å². The van der Waals surface area contributed by atoms with E-state index in [-0.39, 0.29) is 19.5 Å². The Labute approximate surface area is 220 Å². The number of likely N-dealkylation sites (N-methyl/N-ethyl adjacent to an activating group) is 1. The number of aliphatic carboxylic acids is 1. The topological polar surface area (TPSA) is 165 Å². The van der Waals surface area contributed by atoms with Crippen molar-refractivity contribution in [2.24, 2.45) is 5.41 Å². The molecule has 12 nitrogen and oxygen atoms in total. The molecule has 0 spiro atoms. The van der Waals surface area contributed by atoms with Crippen LogP contribution < -0.4 is 16.0 Å². The van der Waals surface area contributed by atoms with Gasteiger partial charge in [0.25, 0.3) is 0 Å². The summed E-state index contributed by atoms with van der Waals surface area (Å²) >= 11 is 0. The quantitative estimate of drug-likeness (QED) is 0.264. The molecular weight excluding hydrogens is 502 g/mol. The second-order valence-corrected chi connectivity index (χ2v) is 13.3. The van der Waals surface area contributed by atoms with Gasteiger partial charge in [-0.25, -0.2) is 22.3 Å². The largest absolute Gasteiger partial charge is 0.479 e. The first-order valence-electron chi connectivity index (χ1n) is 12.4. The van der Waals surface area contributed by atoms with Crippen molar-refractivity contribution in [1.82, 2.24) is 25.2 Å². The van der Waals surface area contributed by atoms with Crippen LogP contribution in [-0.4, -0.2) is 96.1 Å². The maximum Gasteiger partial charge on any atom is 0.333 e. The number of hydrogen-bond acceptors (Lipinski definition) is 6. The number of carbonyl (C=O) groups is 4. The zero-order valence-corrected chi connectivity index (χ0v) is 23.8. The van der Waals surface area contributed by atoms with Gasteiger partial charge in [-0.1, -0.05) is 33.8 Å². The Hall–Kier alpha value is -2.67. The highest BCUT2D eigenvalue weighted by molar-refractivity contribution is 7.89. The third kappa shape index (κ3) is 8.16. The van der Waals surface area contributed by atoms with Gasteiger partial charge in [-0.3, -0.25) is 9.59 Å². The Morgan fingerprint density at radius 1 is 1.22 bits per heavy atom. The Bertz CT molecular complexity index is 976. The van der Waals surface area contributed by atoms with Gasteiger partial charge in [0.2, 0.25) is 21.8 Å². The SMILES string of the molecule is C=C[C@@](CC)(NC(=O)[C@@H]1CCCN1C(=O)CNC(=O)NC(CN(C)S(=O)(=O)C(C)C)C(C)(C)C)C(=O)O. The molecule has 1 aliphatic rings. The van der Waals surface area contributed by atoms with E-state index in [0.717, 1.165) is 6.08 Å². The van der Waals surface area contributed by atoms with Crippen LogP contribution in [0.25, 0.3) is 0 Å². The van der Waals surface area contributed by atoms with E-state index in [9.17, 15) is 32.7 Å². The normalized spacial score (nSPS) is 18.7. The number of carboxylic acids is 1. The van der Waals surface area contributed by atoms with Gasteiger partial charge in [0, 0.05) is 26.2 Å². The molecule has 0 bridgehead atoms. The summed E-state index contributed by atoms with van der Waals surface area (Å²) in [6, 6.07) is -2.06. The van der Waals surface area contributed by atoms with E-state index < -0.39 is 62.1 Å². The number of likely N-dealkylation sites (tertiary alicyclic amines) is 1. The van der Waals surface area contributed by atoms with E-state index in [2.05, 4.69) is 22.5 Å². The first-order chi connectivity index (χ1) is 16.9. The van der Waals surface area contributed by atoms with E-state index >= 15 is 0 Å². The van der Waals surface area contributed by atoms with Crippen LogP contribution in [0.15, 0.2) is 12.7 Å². The molecule has 13 heteroatoms. The van der Waals surface area contributed by atoms with Gasteiger partial charge in [-0.2, -0.15) is 0 Å². The number of sulfonamides is 1. The lowest BCUT2D eigenvalue weighted by Gasteiger charge is -2.35. The lowest BCUT2D eigenvalue weighted by atomic mass is 9.87. The summed E-state index contributed by atoms with van der Waals surface area (Å²) in [6.45, 7) is 13.8. The molecule has 0 saturated carbocycles. The number of amides is 4. The van der Waals surface area contributed by atoms with Gasteiger partial charge in [0.05, 0.1) is 11.8 Å². The summed E-state index contributed by atoms with van der Waals surface area (Å²) in [7, 11) is -2.06. The van der Waals surface area contributed by atoms with Crippen LogP contribution in [0.3, 0.4) is 0 Å². The monoisotopic (exact) mass is 545 g/mol. The van der Waals surface area contributed by atoms with Crippen molar-refractivity contribution < 1.29 is 32.7 Å². The summed E-state index contributed by atoms with van der Waals surface area (Å²) < 4.78 is 26.1. The molecule has 37 heavy (non-hydrogen) atoms. The van der Waals surface area contributed by atoms with Crippen LogP contribution in [0, 0.1) is 5.41 Å². The molecule has 0 aromatic rings. The highest BCUT2D eigenvalue weighted by Gasteiger charge is 2.41. The van der Waals surface area contributed by atoms with Gasteiger partial charge < -0.3 is 26.0 Å². The van der Waals surface area contributed by atoms with Crippen LogP contribution in [-0.2, 0) is 24.4 Å². The summed E-state index contributed by atoms with van der Waals surface area (Å²) in [5.41, 5.74) is -2.12. The lowest BCUT2D eigenvalue weighted by molar-refractivity contribution is -0.147. The summed E-state index contributed by atoms with van der Waals surface area (Å²) in [5.74, 6) is -2.33. The molecule has 0 aliphatic carbocycles. The minimum atomic E-state index is -3.52. The van der Waals surface area contributed by atoms with Crippen LogP contribution in [0.4, 0.5) is 4.79 Å². The van der Waals surface area contributed by atoms with Crippen molar-refractivity contribution in [2.45, 2.75) is 83.7 Å². The predicted octanol–water partition coefficient (Wildman–Crippen LogP) is 0.897. The number of rotatable bonds is 12. The number of carboxylic acid groups (broad SMARTS) is 1. The smallest absolute Gasteiger partial charge is 0.333 e. The Morgan fingerprint density at radius 2 is 1.81 bits per heavy atom. The number of carbonyl (C=O) groups excluding carboxylic acids is 3. The molecule has 1 fully saturated rings. The molecule has 212 valence electrons. The van der Waals surface area contributed by atoms with Crippen molar-refractivity contribution >= 4 is 33.8 Å². The second-order valence-electron chi connectivity index (χ2n) is 10.7. The number of nitrogens with zero attached hydrogens (tertiary/aromatic N) is 2. The summed E-state index contributed by atoms with van der Waals surface area (Å²) in [6.07, 6.45) is 2.17. The van der Waals surface area contributed by atoms with Crippen molar-refractivity contribution in [3.05, 3.63) is 12.7 Å². The highest BCUT2D eigenvalue weighted by Crippen LogP contribution is 2.22. The van der Waals surface area contributed by atoms with E-state index in [1.165, 1.54) is 16.3 Å². The molecule has 0 aromatic carbocycles. The lowest BCUT2D eigenvalue weighted by Crippen LogP contribution is -2.58. The average Bonchev–Trinajstić information content (AvgIpc) is 3.29. The molecule has 1 heterocycles. The number of hydrogen-bond donors (Lipinski definition) is 4. The third-order valence-corrected chi connectivity index (χ3v) is 8.94. The van der Waals surface area contributed by atoms with Crippen molar-refractivity contribution in [3.63, 3.8) is 0 Å². The first kappa shape index (κ1) is 32.4. The fraction of sp³-hybridized carbons (Fsp3) is 0.750. The molecule has 1 aliphatic heterocycles. The summed E-state index contributed by atoms with van der Waals surface area (Å²) in [5, 5.41) is 16.7. The Kier molecular flexibility index (Phi) is 11.1. The first-order valence-corrected chi connectivity index (χ1v) is 13.9. The maximum atomic E-state index is 12.9. The zero-order valence-electron chi connectivity index (χ0n) is 23.0. The molecule has 4 amide bonds. The fourth-order valence-corrected chi connectivity index (χ4v) is 5.02. The molecule has 3 atom stereocenters. The van der Waals surface area contributed by atoms with Crippen LogP contribution >= 0.6 is 0 Å². The second kappa shape index (κ2) is 12.7. The average molecular weight is 546 g/mol. The van der Waals surface area contributed by atoms with Gasteiger partial charge in [-0.15, -0.1) is 6.58 Å². The molecule has 4 N–H and O–H groups in total. The van der Waals surface area contributed by atoms with Crippen molar-refractivity contribution in [1.29, 1.82) is 0 Å². The van der Waals surface area contributed by atoms with Crippen LogP contribution in [0.2, 0.25) is 0 Å². The van der Waals surface area contributed by atoms with Gasteiger partial charge in [0.15, 0.2) is 5.54 Å². The molecule has 0 radical (unpaired) electrons. The fourth-order valence-electron chi connectivity index (χ4n) is 3.94. The predicted molar refractivity (Wildman–Crippen MR) is 140 cm³/mol. The standard InChI is InChI=1S/C24H43N5O7S/c1-9-24(10-2,21(32)33)27-20(31)17-12-11-13-29(17)19(30)14-25-22(34)26-18(23(5,6)7)15-28(8)37(35,36)16(3)4/h9,16-18H,1,10-15H2,2-8H3,(H,27,31)(H,32,33)(H2,25,26,34)/t17-,18?,24-/m0/s1. The third-order valence-electron chi connectivity index (χ3n) is 6.73. The van der Waals surface area contributed by atoms with Gasteiger partial charge in [0.1, 0.15) is 6.04 Å². The highest BCUT2D eigenvalue weighted by atomic mass is 32.2. The van der Waals surface area contributed by atoms with Crippen LogP contribution in [0.5, 0.6) is 0 Å². The van der Waals surface area contributed by atoms with Gasteiger partial charge >= 0.3 is 12.0 Å². The van der Waals surface area contributed by atoms with Gasteiger partial charge in [-0.05, 0) is 38.5 Å². The van der Waals surface area contributed by atoms with Crippen LogP contribution in [0.1, 0.15) is 60.8 Å². The molecule has 0 aromatic heterocycles. The zero-order chi connectivity index (χ0) is 28.8. The van der Waals surface area contributed by atoms with E-state index in [1.807, 2.05) is 20.8 Å².